The van der Waals surface area contributed by atoms with E-state index in [1.54, 1.807) is 0 Å². The van der Waals surface area contributed by atoms with E-state index in [-0.39, 0.29) is 18.4 Å². The van der Waals surface area contributed by atoms with Gasteiger partial charge in [0, 0.05) is 24.5 Å². The number of nitrogens with one attached hydrogen (secondary N) is 2. The van der Waals surface area contributed by atoms with E-state index < -0.39 is 11.6 Å². The van der Waals surface area contributed by atoms with Gasteiger partial charge >= 0.3 is 6.03 Å². The zero-order chi connectivity index (χ0) is 21.1. The van der Waals surface area contributed by atoms with Crippen molar-refractivity contribution >= 4 is 29.2 Å². The largest absolute Gasteiger partial charge is 0.378 e. The Balaban J connectivity index is 1.33. The molecule has 4 rings (SSSR count). The lowest BCUT2D eigenvalue weighted by molar-refractivity contribution is -0.135. The van der Waals surface area contributed by atoms with Crippen molar-refractivity contribution in [2.75, 3.05) is 43.1 Å². The second kappa shape index (κ2) is 8.63. The number of ether oxygens (including phenoxy) is 1. The number of morpholine rings is 1. The first-order chi connectivity index (χ1) is 14.5. The molecule has 1 aromatic rings. The number of amides is 4. The lowest BCUT2D eigenvalue weighted by Crippen LogP contribution is -2.49. The molecule has 0 radical (unpaired) electrons. The lowest BCUT2D eigenvalue weighted by atomic mass is 9.75. The fraction of sp³-hybridized carbons (Fsp3) is 0.591. The summed E-state index contributed by atoms with van der Waals surface area (Å²) in [7, 11) is 0. The third kappa shape index (κ3) is 4.14. The number of carbonyl (C=O) groups is 3. The molecule has 1 aliphatic carbocycles. The molecule has 162 valence electrons. The summed E-state index contributed by atoms with van der Waals surface area (Å²) in [6.07, 6.45) is 4.25. The smallest absolute Gasteiger partial charge is 0.325 e. The summed E-state index contributed by atoms with van der Waals surface area (Å²) in [6, 6.07) is 7.11. The zero-order valence-electron chi connectivity index (χ0n) is 17.5. The van der Waals surface area contributed by atoms with Crippen LogP contribution >= 0.6 is 0 Å². The first-order valence-electron chi connectivity index (χ1n) is 10.9. The van der Waals surface area contributed by atoms with Gasteiger partial charge in [-0.05, 0) is 55.9 Å². The molecule has 8 nitrogen and oxygen atoms in total. The van der Waals surface area contributed by atoms with Gasteiger partial charge in [0.1, 0.15) is 12.1 Å². The molecular weight excluding hydrogens is 384 g/mol. The summed E-state index contributed by atoms with van der Waals surface area (Å²) in [5.74, 6) is -0.0325. The predicted molar refractivity (Wildman–Crippen MR) is 113 cm³/mol. The third-order valence-corrected chi connectivity index (χ3v) is 6.61. The number of hydrogen-bond donors (Lipinski definition) is 2. The Morgan fingerprint density at radius 3 is 2.47 bits per heavy atom. The Kier molecular flexibility index (Phi) is 5.94. The van der Waals surface area contributed by atoms with Crippen molar-refractivity contribution < 1.29 is 19.1 Å². The molecule has 30 heavy (non-hydrogen) atoms. The molecule has 2 saturated heterocycles. The molecule has 3 aliphatic rings. The lowest BCUT2D eigenvalue weighted by Gasteiger charge is -2.34. The van der Waals surface area contributed by atoms with Crippen LogP contribution in [0, 0.1) is 5.92 Å². The van der Waals surface area contributed by atoms with Gasteiger partial charge in [0.2, 0.25) is 5.91 Å². The average molecular weight is 415 g/mol. The van der Waals surface area contributed by atoms with Crippen LogP contribution in [0.15, 0.2) is 24.3 Å². The van der Waals surface area contributed by atoms with Crippen molar-refractivity contribution in [2.45, 2.75) is 44.6 Å². The molecule has 2 heterocycles. The Morgan fingerprint density at radius 2 is 1.83 bits per heavy atom. The summed E-state index contributed by atoms with van der Waals surface area (Å²) in [5, 5.41) is 5.66. The number of rotatable bonds is 5. The zero-order valence-corrected chi connectivity index (χ0v) is 17.5. The topological polar surface area (TPSA) is 91.0 Å². The third-order valence-electron chi connectivity index (χ3n) is 6.61. The van der Waals surface area contributed by atoms with Crippen molar-refractivity contribution in [3.8, 4) is 0 Å². The van der Waals surface area contributed by atoms with Gasteiger partial charge in [0.05, 0.1) is 13.2 Å². The maximum atomic E-state index is 12.9. The molecule has 1 aromatic carbocycles. The van der Waals surface area contributed by atoms with Crippen molar-refractivity contribution in [3.05, 3.63) is 24.3 Å². The van der Waals surface area contributed by atoms with E-state index in [9.17, 15) is 14.4 Å². The van der Waals surface area contributed by atoms with Crippen molar-refractivity contribution in [3.63, 3.8) is 0 Å². The number of anilines is 2. The van der Waals surface area contributed by atoms with Gasteiger partial charge in [-0.25, -0.2) is 4.79 Å². The number of carbonyl (C=O) groups excluding carboxylic acids is 3. The summed E-state index contributed by atoms with van der Waals surface area (Å²) >= 11 is 0. The highest BCUT2D eigenvalue weighted by Crippen LogP contribution is 2.37. The molecule has 2 aliphatic heterocycles. The maximum absolute atomic E-state index is 12.9. The van der Waals surface area contributed by atoms with Crippen molar-refractivity contribution in [1.82, 2.24) is 10.2 Å². The van der Waals surface area contributed by atoms with E-state index in [0.29, 0.717) is 37.7 Å². The van der Waals surface area contributed by atoms with Crippen LogP contribution in [0.2, 0.25) is 0 Å². The van der Waals surface area contributed by atoms with Crippen molar-refractivity contribution in [1.29, 1.82) is 0 Å². The van der Waals surface area contributed by atoms with E-state index in [2.05, 4.69) is 22.5 Å². The van der Waals surface area contributed by atoms with Gasteiger partial charge < -0.3 is 20.3 Å². The van der Waals surface area contributed by atoms with Crippen LogP contribution in [0.5, 0.6) is 0 Å². The van der Waals surface area contributed by atoms with E-state index in [4.69, 9.17) is 4.74 Å². The molecule has 0 bridgehead atoms. The molecule has 0 atom stereocenters. The number of imide groups is 1. The van der Waals surface area contributed by atoms with Crippen LogP contribution in [0.3, 0.4) is 0 Å². The van der Waals surface area contributed by atoms with E-state index >= 15 is 0 Å². The minimum Gasteiger partial charge on any atom is -0.378 e. The van der Waals surface area contributed by atoms with Crippen LogP contribution in [0.1, 0.15) is 39.0 Å². The normalized spacial score (nSPS) is 26.8. The van der Waals surface area contributed by atoms with Gasteiger partial charge in [-0.1, -0.05) is 13.3 Å². The van der Waals surface area contributed by atoms with Crippen molar-refractivity contribution in [2.24, 2.45) is 5.92 Å². The molecule has 3 fully saturated rings. The predicted octanol–water partition coefficient (Wildman–Crippen LogP) is 2.35. The second-order valence-corrected chi connectivity index (χ2v) is 8.45. The molecule has 8 heteroatoms. The van der Waals surface area contributed by atoms with Gasteiger partial charge in [0.15, 0.2) is 0 Å². The van der Waals surface area contributed by atoms with Gasteiger partial charge in [-0.15, -0.1) is 0 Å². The first kappa shape index (κ1) is 20.7. The van der Waals surface area contributed by atoms with Crippen LogP contribution < -0.4 is 15.5 Å². The summed E-state index contributed by atoms with van der Waals surface area (Å²) < 4.78 is 5.37. The van der Waals surface area contributed by atoms with E-state index in [0.717, 1.165) is 42.9 Å². The number of benzene rings is 1. The highest BCUT2D eigenvalue weighted by molar-refractivity contribution is 6.10. The molecule has 0 aromatic heterocycles. The minimum absolute atomic E-state index is 0.264. The van der Waals surface area contributed by atoms with E-state index in [1.807, 2.05) is 24.3 Å². The fourth-order valence-corrected chi connectivity index (χ4v) is 4.66. The minimum atomic E-state index is -0.817. The Hall–Kier alpha value is -2.61. The SMILES string of the molecule is CCC1CCC2(CC1)NC(=O)N(CC(=O)Nc1ccc(N3CCOCC3)cc1)C2=O. The Morgan fingerprint density at radius 1 is 1.17 bits per heavy atom. The number of hydrogen-bond acceptors (Lipinski definition) is 5. The van der Waals surface area contributed by atoms with Gasteiger partial charge in [0.25, 0.3) is 5.91 Å². The second-order valence-electron chi connectivity index (χ2n) is 8.45. The average Bonchev–Trinajstić information content (AvgIpc) is 2.99. The number of urea groups is 1. The number of nitrogens with zero attached hydrogens (tertiary/aromatic N) is 2. The van der Waals surface area contributed by atoms with Crippen LogP contribution in [0.25, 0.3) is 0 Å². The maximum Gasteiger partial charge on any atom is 0.325 e. The highest BCUT2D eigenvalue weighted by Gasteiger charge is 2.52. The Bertz CT molecular complexity index is 796. The quantitative estimate of drug-likeness (QED) is 0.722. The fourth-order valence-electron chi connectivity index (χ4n) is 4.66. The molecule has 1 saturated carbocycles. The summed E-state index contributed by atoms with van der Waals surface area (Å²) in [5.41, 5.74) is 0.903. The Labute approximate surface area is 176 Å². The molecule has 0 unspecified atom stereocenters. The molecular formula is C22H30N4O4. The standard InChI is InChI=1S/C22H30N4O4/c1-2-16-7-9-22(10-8-16)20(28)26(21(29)24-22)15-19(27)23-17-3-5-18(6-4-17)25-11-13-30-14-12-25/h3-6,16H,2,7-15H2,1H3,(H,23,27)(H,24,29). The van der Waals surface area contributed by atoms with Gasteiger partial charge in [-0.3, -0.25) is 14.5 Å². The molecule has 2 N–H and O–H groups in total. The van der Waals surface area contributed by atoms with E-state index in [1.165, 1.54) is 0 Å². The van der Waals surface area contributed by atoms with Crippen LogP contribution in [-0.4, -0.2) is 61.1 Å². The summed E-state index contributed by atoms with van der Waals surface area (Å²) in [6.45, 7) is 5.00. The van der Waals surface area contributed by atoms with Crippen LogP contribution in [0.4, 0.5) is 16.2 Å². The first-order valence-corrected chi connectivity index (χ1v) is 10.9. The highest BCUT2D eigenvalue weighted by atomic mass is 16.5. The molecule has 4 amide bonds. The summed E-state index contributed by atoms with van der Waals surface area (Å²) in [4.78, 5) is 41.2. The van der Waals surface area contributed by atoms with Gasteiger partial charge in [-0.2, -0.15) is 0 Å². The van der Waals surface area contributed by atoms with Crippen LogP contribution in [-0.2, 0) is 14.3 Å². The molecule has 1 spiro atoms. The monoisotopic (exact) mass is 414 g/mol.